The van der Waals surface area contributed by atoms with Gasteiger partial charge >= 0.3 is 0 Å². The largest absolute Gasteiger partial charge is 0.494 e. The third-order valence-corrected chi connectivity index (χ3v) is 3.90. The van der Waals surface area contributed by atoms with Crippen LogP contribution >= 0.6 is 11.6 Å². The summed E-state index contributed by atoms with van der Waals surface area (Å²) in [7, 11) is 0. The van der Waals surface area contributed by atoms with Gasteiger partial charge in [0.1, 0.15) is 22.5 Å². The van der Waals surface area contributed by atoms with Gasteiger partial charge in [0.05, 0.1) is 12.3 Å². The van der Waals surface area contributed by atoms with Crippen molar-refractivity contribution < 1.29 is 4.74 Å². The fourth-order valence-corrected chi connectivity index (χ4v) is 2.54. The SMILES string of the molecule is N#Cc1c(C2CC2)nn(CCCOc2ccccc2)c1Cl. The van der Waals surface area contributed by atoms with E-state index in [0.29, 0.717) is 29.8 Å². The summed E-state index contributed by atoms with van der Waals surface area (Å²) in [5.74, 6) is 1.29. The minimum Gasteiger partial charge on any atom is -0.494 e. The maximum atomic E-state index is 9.20. The number of nitrogens with zero attached hydrogens (tertiary/aromatic N) is 3. The Morgan fingerprint density at radius 1 is 1.33 bits per heavy atom. The third-order valence-electron chi connectivity index (χ3n) is 3.52. The van der Waals surface area contributed by atoms with E-state index in [1.54, 1.807) is 4.68 Å². The van der Waals surface area contributed by atoms with Gasteiger partial charge in [0.15, 0.2) is 0 Å². The lowest BCUT2D eigenvalue weighted by atomic mass is 10.2. The highest BCUT2D eigenvalue weighted by molar-refractivity contribution is 6.30. The first-order chi connectivity index (χ1) is 10.3. The summed E-state index contributed by atoms with van der Waals surface area (Å²) >= 11 is 6.23. The topological polar surface area (TPSA) is 50.8 Å². The van der Waals surface area contributed by atoms with Crippen molar-refractivity contribution in [3.63, 3.8) is 0 Å². The van der Waals surface area contributed by atoms with E-state index in [1.165, 1.54) is 0 Å². The van der Waals surface area contributed by atoms with Crippen molar-refractivity contribution in [3.05, 3.63) is 46.7 Å². The van der Waals surface area contributed by atoms with Crippen LogP contribution in [-0.2, 0) is 6.54 Å². The van der Waals surface area contributed by atoms with Crippen LogP contribution in [0.4, 0.5) is 0 Å². The molecule has 1 aliphatic carbocycles. The number of benzene rings is 1. The zero-order valence-corrected chi connectivity index (χ0v) is 12.4. The number of aryl methyl sites for hydroxylation is 1. The van der Waals surface area contributed by atoms with Gasteiger partial charge in [0, 0.05) is 18.9 Å². The molecule has 0 saturated heterocycles. The second-order valence-electron chi connectivity index (χ2n) is 5.18. The Kier molecular flexibility index (Phi) is 4.12. The summed E-state index contributed by atoms with van der Waals surface area (Å²) in [5, 5.41) is 14.1. The number of para-hydroxylation sites is 1. The number of rotatable bonds is 6. The van der Waals surface area contributed by atoms with Gasteiger partial charge in [0.2, 0.25) is 0 Å². The van der Waals surface area contributed by atoms with Gasteiger partial charge in [-0.05, 0) is 25.0 Å². The Morgan fingerprint density at radius 2 is 2.10 bits per heavy atom. The average molecular weight is 302 g/mol. The van der Waals surface area contributed by atoms with Gasteiger partial charge in [-0.3, -0.25) is 4.68 Å². The lowest BCUT2D eigenvalue weighted by Crippen LogP contribution is -2.06. The van der Waals surface area contributed by atoms with E-state index in [4.69, 9.17) is 16.3 Å². The monoisotopic (exact) mass is 301 g/mol. The fraction of sp³-hybridized carbons (Fsp3) is 0.375. The molecule has 1 saturated carbocycles. The molecular weight excluding hydrogens is 286 g/mol. The van der Waals surface area contributed by atoms with Crippen molar-refractivity contribution in [3.8, 4) is 11.8 Å². The van der Waals surface area contributed by atoms with Crippen LogP contribution in [0.3, 0.4) is 0 Å². The van der Waals surface area contributed by atoms with E-state index in [9.17, 15) is 5.26 Å². The maximum Gasteiger partial charge on any atom is 0.145 e. The minimum atomic E-state index is 0.430. The van der Waals surface area contributed by atoms with Crippen molar-refractivity contribution in [2.24, 2.45) is 0 Å². The number of hydrogen-bond donors (Lipinski definition) is 0. The van der Waals surface area contributed by atoms with Crippen LogP contribution in [0.2, 0.25) is 5.15 Å². The zero-order chi connectivity index (χ0) is 14.7. The summed E-state index contributed by atoms with van der Waals surface area (Å²) in [6, 6.07) is 11.9. The Balaban J connectivity index is 1.57. The van der Waals surface area contributed by atoms with Crippen molar-refractivity contribution in [1.82, 2.24) is 9.78 Å². The molecule has 108 valence electrons. The standard InChI is InChI=1S/C16H16ClN3O/c17-16-14(11-18)15(12-7-8-12)19-20(16)9-4-10-21-13-5-2-1-3-6-13/h1-3,5-6,12H,4,7-10H2. The molecule has 1 aromatic carbocycles. The van der Waals surface area contributed by atoms with Crippen LogP contribution in [0.15, 0.2) is 30.3 Å². The number of nitriles is 1. The minimum absolute atomic E-state index is 0.430. The molecule has 0 radical (unpaired) electrons. The molecule has 2 aromatic rings. The first-order valence-corrected chi connectivity index (χ1v) is 7.51. The van der Waals surface area contributed by atoms with Crippen LogP contribution in [-0.4, -0.2) is 16.4 Å². The van der Waals surface area contributed by atoms with Gasteiger partial charge in [-0.25, -0.2) is 0 Å². The van der Waals surface area contributed by atoms with E-state index < -0.39 is 0 Å². The molecule has 0 aliphatic heterocycles. The van der Waals surface area contributed by atoms with Crippen LogP contribution in [0.25, 0.3) is 0 Å². The molecule has 5 heteroatoms. The molecule has 0 atom stereocenters. The number of halogens is 1. The molecule has 1 heterocycles. The summed E-state index contributed by atoms with van der Waals surface area (Å²) < 4.78 is 7.37. The average Bonchev–Trinajstić information content (AvgIpc) is 3.30. The van der Waals surface area contributed by atoms with E-state index >= 15 is 0 Å². The van der Waals surface area contributed by atoms with Gasteiger partial charge in [-0.15, -0.1) is 0 Å². The molecule has 21 heavy (non-hydrogen) atoms. The van der Waals surface area contributed by atoms with Crippen molar-refractivity contribution in [2.45, 2.75) is 31.7 Å². The Labute approximate surface area is 128 Å². The quantitative estimate of drug-likeness (QED) is 0.763. The van der Waals surface area contributed by atoms with Crippen LogP contribution in [0, 0.1) is 11.3 Å². The summed E-state index contributed by atoms with van der Waals surface area (Å²) in [5.41, 5.74) is 1.41. The van der Waals surface area contributed by atoms with E-state index in [1.807, 2.05) is 30.3 Å². The predicted molar refractivity (Wildman–Crippen MR) is 80.5 cm³/mol. The highest BCUT2D eigenvalue weighted by Crippen LogP contribution is 2.42. The highest BCUT2D eigenvalue weighted by atomic mass is 35.5. The molecule has 1 aliphatic rings. The third kappa shape index (κ3) is 3.20. The first kappa shape index (κ1) is 14.0. The van der Waals surface area contributed by atoms with E-state index in [2.05, 4.69) is 11.2 Å². The molecule has 0 N–H and O–H groups in total. The highest BCUT2D eigenvalue weighted by Gasteiger charge is 2.31. The second kappa shape index (κ2) is 6.19. The van der Waals surface area contributed by atoms with Crippen molar-refractivity contribution >= 4 is 11.6 Å². The molecule has 1 fully saturated rings. The fourth-order valence-electron chi connectivity index (χ4n) is 2.27. The predicted octanol–water partition coefficient (Wildman–Crippen LogP) is 3.75. The lowest BCUT2D eigenvalue weighted by Gasteiger charge is -2.06. The summed E-state index contributed by atoms with van der Waals surface area (Å²) in [6.45, 7) is 1.26. The summed E-state index contributed by atoms with van der Waals surface area (Å²) in [6.07, 6.45) is 3.02. The molecule has 0 unspecified atom stereocenters. The molecule has 3 rings (SSSR count). The number of ether oxygens (including phenoxy) is 1. The summed E-state index contributed by atoms with van der Waals surface area (Å²) in [4.78, 5) is 0. The van der Waals surface area contributed by atoms with Crippen molar-refractivity contribution in [2.75, 3.05) is 6.61 Å². The molecule has 0 bridgehead atoms. The first-order valence-electron chi connectivity index (χ1n) is 7.13. The number of aromatic nitrogens is 2. The van der Waals surface area contributed by atoms with Gasteiger partial charge in [-0.2, -0.15) is 10.4 Å². The van der Waals surface area contributed by atoms with Gasteiger partial charge in [-0.1, -0.05) is 29.8 Å². The van der Waals surface area contributed by atoms with E-state index in [0.717, 1.165) is 30.7 Å². The molecule has 1 aromatic heterocycles. The van der Waals surface area contributed by atoms with Gasteiger partial charge in [0.25, 0.3) is 0 Å². The Morgan fingerprint density at radius 3 is 2.76 bits per heavy atom. The van der Waals surface area contributed by atoms with Crippen LogP contribution in [0.1, 0.15) is 36.4 Å². The van der Waals surface area contributed by atoms with Crippen molar-refractivity contribution in [1.29, 1.82) is 5.26 Å². The maximum absolute atomic E-state index is 9.20. The normalized spacial score (nSPS) is 13.9. The van der Waals surface area contributed by atoms with Gasteiger partial charge < -0.3 is 4.74 Å². The van der Waals surface area contributed by atoms with E-state index in [-0.39, 0.29) is 0 Å². The Hall–Kier alpha value is -1.99. The molecular formula is C16H16ClN3O. The van der Waals surface area contributed by atoms with Crippen LogP contribution in [0.5, 0.6) is 5.75 Å². The Bertz CT molecular complexity index is 656. The smallest absolute Gasteiger partial charge is 0.145 e. The zero-order valence-electron chi connectivity index (χ0n) is 11.6. The lowest BCUT2D eigenvalue weighted by molar-refractivity contribution is 0.298. The molecule has 0 amide bonds. The second-order valence-corrected chi connectivity index (χ2v) is 5.53. The molecule has 0 spiro atoms. The number of hydrogen-bond acceptors (Lipinski definition) is 3. The van der Waals surface area contributed by atoms with Crippen LogP contribution < -0.4 is 4.74 Å². The molecule has 4 nitrogen and oxygen atoms in total.